The lowest BCUT2D eigenvalue weighted by Gasteiger charge is -2.19. The molecular weight excluding hydrogens is 246 g/mol. The normalized spacial score (nSPS) is 10.4. The molecule has 88 valence electrons. The van der Waals surface area contributed by atoms with Crippen molar-refractivity contribution >= 4 is 23.1 Å². The van der Waals surface area contributed by atoms with Gasteiger partial charge in [0.2, 0.25) is 0 Å². The van der Waals surface area contributed by atoms with Gasteiger partial charge in [-0.3, -0.25) is 0 Å². The molecule has 1 heterocycles. The molecule has 0 unspecified atom stereocenters. The molecule has 0 N–H and O–H groups in total. The van der Waals surface area contributed by atoms with Gasteiger partial charge in [0.25, 0.3) is 0 Å². The molecule has 0 aliphatic heterocycles. The zero-order valence-electron chi connectivity index (χ0n) is 8.99. The highest BCUT2D eigenvalue weighted by Gasteiger charge is 2.14. The summed E-state index contributed by atoms with van der Waals surface area (Å²) in [6, 6.07) is 7.23. The lowest BCUT2D eigenvalue weighted by atomic mass is 10.2. The molecule has 1 aromatic carbocycles. The van der Waals surface area contributed by atoms with E-state index >= 15 is 0 Å². The molecule has 0 aliphatic carbocycles. The minimum absolute atomic E-state index is 0.0273. The Labute approximate surface area is 102 Å². The third-order valence-electron chi connectivity index (χ3n) is 2.32. The minimum atomic E-state index is -0.594. The highest BCUT2D eigenvalue weighted by Crippen LogP contribution is 2.27. The van der Waals surface area contributed by atoms with E-state index in [1.807, 2.05) is 0 Å². The number of hydrogen-bond donors (Lipinski definition) is 0. The predicted molar refractivity (Wildman–Crippen MR) is 63.7 cm³/mol. The van der Waals surface area contributed by atoms with E-state index in [1.54, 1.807) is 18.2 Å². The SMILES string of the molecule is CN(c1ccccc1F)c1ncc(Cl)cc1F. The van der Waals surface area contributed by atoms with Crippen molar-refractivity contribution in [3.8, 4) is 0 Å². The molecule has 17 heavy (non-hydrogen) atoms. The number of aromatic nitrogens is 1. The first-order valence-corrected chi connectivity index (χ1v) is 5.26. The van der Waals surface area contributed by atoms with E-state index in [0.29, 0.717) is 0 Å². The minimum Gasteiger partial charge on any atom is -0.325 e. The summed E-state index contributed by atoms with van der Waals surface area (Å²) in [5, 5.41) is 0.202. The van der Waals surface area contributed by atoms with Gasteiger partial charge in [-0.2, -0.15) is 0 Å². The average Bonchev–Trinajstić information content (AvgIpc) is 2.29. The van der Waals surface area contributed by atoms with Crippen molar-refractivity contribution in [2.75, 3.05) is 11.9 Å². The van der Waals surface area contributed by atoms with E-state index in [9.17, 15) is 8.78 Å². The van der Waals surface area contributed by atoms with Crippen LogP contribution in [0.25, 0.3) is 0 Å². The van der Waals surface area contributed by atoms with Crippen molar-refractivity contribution in [3.63, 3.8) is 0 Å². The van der Waals surface area contributed by atoms with Crippen LogP contribution in [-0.4, -0.2) is 12.0 Å². The lowest BCUT2D eigenvalue weighted by Crippen LogP contribution is -2.14. The maximum absolute atomic E-state index is 13.6. The first-order chi connectivity index (χ1) is 8.09. The predicted octanol–water partition coefficient (Wildman–Crippen LogP) is 3.78. The molecule has 5 heteroatoms. The van der Waals surface area contributed by atoms with Crippen molar-refractivity contribution in [2.24, 2.45) is 0 Å². The fraction of sp³-hybridized carbons (Fsp3) is 0.0833. The second-order valence-electron chi connectivity index (χ2n) is 3.47. The van der Waals surface area contributed by atoms with E-state index < -0.39 is 11.6 Å². The monoisotopic (exact) mass is 254 g/mol. The molecule has 2 nitrogen and oxygen atoms in total. The Hall–Kier alpha value is -1.68. The number of halogens is 3. The van der Waals surface area contributed by atoms with Gasteiger partial charge in [-0.15, -0.1) is 0 Å². The van der Waals surface area contributed by atoms with Crippen molar-refractivity contribution in [3.05, 3.63) is 53.2 Å². The molecule has 0 saturated carbocycles. The molecule has 0 radical (unpaired) electrons. The van der Waals surface area contributed by atoms with E-state index in [4.69, 9.17) is 11.6 Å². The van der Waals surface area contributed by atoms with Crippen LogP contribution < -0.4 is 4.90 Å². The van der Waals surface area contributed by atoms with E-state index in [-0.39, 0.29) is 16.5 Å². The summed E-state index contributed by atoms with van der Waals surface area (Å²) in [4.78, 5) is 5.18. The van der Waals surface area contributed by atoms with Crippen molar-refractivity contribution < 1.29 is 8.78 Å². The quantitative estimate of drug-likeness (QED) is 0.811. The zero-order chi connectivity index (χ0) is 12.4. The summed E-state index contributed by atoms with van der Waals surface area (Å²) in [6.07, 6.45) is 1.32. The molecule has 0 saturated heterocycles. The van der Waals surface area contributed by atoms with Crippen LogP contribution in [0.4, 0.5) is 20.3 Å². The molecular formula is C12H9ClF2N2. The Morgan fingerprint density at radius 1 is 1.18 bits per heavy atom. The second kappa shape index (κ2) is 4.67. The van der Waals surface area contributed by atoms with E-state index in [1.165, 1.54) is 24.2 Å². The summed E-state index contributed by atoms with van der Waals surface area (Å²) in [5.74, 6) is -1.01. The lowest BCUT2D eigenvalue weighted by molar-refractivity contribution is 0.612. The summed E-state index contributed by atoms with van der Waals surface area (Å²) in [7, 11) is 1.54. The molecule has 0 spiro atoms. The van der Waals surface area contributed by atoms with Crippen LogP contribution in [0.2, 0.25) is 5.02 Å². The van der Waals surface area contributed by atoms with Crippen LogP contribution in [-0.2, 0) is 0 Å². The molecule has 0 amide bonds. The van der Waals surface area contributed by atoms with Crippen molar-refractivity contribution in [1.29, 1.82) is 0 Å². The summed E-state index contributed by atoms with van der Waals surface area (Å²) in [5.41, 5.74) is 0.251. The smallest absolute Gasteiger partial charge is 0.169 e. The average molecular weight is 255 g/mol. The Bertz CT molecular complexity index is 546. The van der Waals surface area contributed by atoms with Gasteiger partial charge in [0.1, 0.15) is 5.82 Å². The maximum Gasteiger partial charge on any atom is 0.169 e. The van der Waals surface area contributed by atoms with Crippen LogP contribution in [0.3, 0.4) is 0 Å². The first kappa shape index (κ1) is 11.8. The molecule has 1 aromatic heterocycles. The van der Waals surface area contributed by atoms with Crippen molar-refractivity contribution in [1.82, 2.24) is 4.98 Å². The number of pyridine rings is 1. The van der Waals surface area contributed by atoms with Crippen molar-refractivity contribution in [2.45, 2.75) is 0 Å². The van der Waals surface area contributed by atoms with Gasteiger partial charge in [0.05, 0.1) is 10.7 Å². The first-order valence-electron chi connectivity index (χ1n) is 4.89. The highest BCUT2D eigenvalue weighted by molar-refractivity contribution is 6.30. The van der Waals surface area contributed by atoms with Crippen LogP contribution in [0.1, 0.15) is 0 Å². The second-order valence-corrected chi connectivity index (χ2v) is 3.91. The Morgan fingerprint density at radius 2 is 1.88 bits per heavy atom. The number of para-hydroxylation sites is 1. The van der Waals surface area contributed by atoms with Gasteiger partial charge in [0, 0.05) is 13.2 Å². The topological polar surface area (TPSA) is 16.1 Å². The summed E-state index contributed by atoms with van der Waals surface area (Å²) >= 11 is 5.60. The molecule has 0 bridgehead atoms. The molecule has 0 fully saturated rings. The zero-order valence-corrected chi connectivity index (χ0v) is 9.75. The highest BCUT2D eigenvalue weighted by atomic mass is 35.5. The Kier molecular flexibility index (Phi) is 3.24. The summed E-state index contributed by atoms with van der Waals surface area (Å²) in [6.45, 7) is 0. The summed E-state index contributed by atoms with van der Waals surface area (Å²) < 4.78 is 27.1. The van der Waals surface area contributed by atoms with Gasteiger partial charge < -0.3 is 4.90 Å². The van der Waals surface area contributed by atoms with Crippen LogP contribution in [0.5, 0.6) is 0 Å². The fourth-order valence-electron chi connectivity index (χ4n) is 1.49. The number of benzene rings is 1. The third-order valence-corrected chi connectivity index (χ3v) is 2.53. The van der Waals surface area contributed by atoms with Gasteiger partial charge in [-0.25, -0.2) is 13.8 Å². The molecule has 2 aromatic rings. The number of rotatable bonds is 2. The van der Waals surface area contributed by atoms with Gasteiger partial charge >= 0.3 is 0 Å². The van der Waals surface area contributed by atoms with Crippen LogP contribution in [0.15, 0.2) is 36.5 Å². The largest absolute Gasteiger partial charge is 0.325 e. The Morgan fingerprint density at radius 3 is 2.53 bits per heavy atom. The van der Waals surface area contributed by atoms with Gasteiger partial charge in [-0.05, 0) is 18.2 Å². The number of nitrogens with zero attached hydrogens (tertiary/aromatic N) is 2. The number of hydrogen-bond acceptors (Lipinski definition) is 2. The molecule has 0 aliphatic rings. The Balaban J connectivity index is 2.44. The third kappa shape index (κ3) is 2.36. The van der Waals surface area contributed by atoms with Gasteiger partial charge in [-0.1, -0.05) is 23.7 Å². The molecule has 2 rings (SSSR count). The van der Waals surface area contributed by atoms with Crippen LogP contribution >= 0.6 is 11.6 Å². The van der Waals surface area contributed by atoms with E-state index in [0.717, 1.165) is 6.07 Å². The van der Waals surface area contributed by atoms with Crippen LogP contribution in [0, 0.1) is 11.6 Å². The van der Waals surface area contributed by atoms with E-state index in [2.05, 4.69) is 4.98 Å². The van der Waals surface area contributed by atoms with Gasteiger partial charge in [0.15, 0.2) is 11.6 Å². The maximum atomic E-state index is 13.6. The number of anilines is 2. The standard InChI is InChI=1S/C12H9ClF2N2/c1-17(11-5-3-2-4-9(11)14)12-10(15)6-8(13)7-16-12/h2-7H,1H3. The molecule has 0 atom stereocenters. The fourth-order valence-corrected chi connectivity index (χ4v) is 1.64.